The van der Waals surface area contributed by atoms with Gasteiger partial charge < -0.3 is 29.9 Å². The van der Waals surface area contributed by atoms with Gasteiger partial charge in [0.15, 0.2) is 0 Å². The average Bonchev–Trinajstić information content (AvgIpc) is 2.95. The Hall–Kier alpha value is -2.92. The van der Waals surface area contributed by atoms with Crippen molar-refractivity contribution in [2.24, 2.45) is 0 Å². The Kier molecular flexibility index (Phi) is 13.3. The summed E-state index contributed by atoms with van der Waals surface area (Å²) >= 11 is 0. The van der Waals surface area contributed by atoms with E-state index in [9.17, 15) is 28.6 Å². The summed E-state index contributed by atoms with van der Waals surface area (Å²) in [4.78, 5) is 28.4. The second-order valence-corrected chi connectivity index (χ2v) is 11.0. The fraction of sp³-hybridized carbons (Fsp3) is 0.562. The Morgan fingerprint density at radius 3 is 2.31 bits per heavy atom. The molecule has 0 aromatic heterocycles. The molecule has 2 aromatic carbocycles. The number of aliphatic hydroxyl groups is 2. The number of nitrogens with one attached hydrogen (secondary N) is 1. The molecule has 42 heavy (non-hydrogen) atoms. The molecule has 0 saturated carbocycles. The lowest BCUT2D eigenvalue weighted by Crippen LogP contribution is -2.51. The van der Waals surface area contributed by atoms with Gasteiger partial charge in [-0.05, 0) is 86.9 Å². The van der Waals surface area contributed by atoms with E-state index in [1.165, 1.54) is 6.07 Å². The molecule has 0 radical (unpaired) electrons. The number of hydrogen-bond acceptors (Lipinski definition) is 6. The van der Waals surface area contributed by atoms with Crippen LogP contribution in [0, 0.1) is 18.6 Å². The maximum Gasteiger partial charge on any atom is 0.253 e. The van der Waals surface area contributed by atoms with Crippen LogP contribution >= 0.6 is 0 Å². The predicted octanol–water partition coefficient (Wildman–Crippen LogP) is 4.18. The molecule has 8 nitrogen and oxygen atoms in total. The largest absolute Gasteiger partial charge is 0.388 e. The second-order valence-electron chi connectivity index (χ2n) is 11.0. The van der Waals surface area contributed by atoms with Crippen molar-refractivity contribution in [3.63, 3.8) is 0 Å². The Bertz CT molecular complexity index is 1150. The Labute approximate surface area is 247 Å². The highest BCUT2D eigenvalue weighted by Gasteiger charge is 2.30. The summed E-state index contributed by atoms with van der Waals surface area (Å²) in [6, 6.07) is 6.66. The summed E-state index contributed by atoms with van der Waals surface area (Å²) in [6.07, 6.45) is 1.28. The van der Waals surface area contributed by atoms with Gasteiger partial charge in [-0.1, -0.05) is 13.8 Å². The van der Waals surface area contributed by atoms with Crippen LogP contribution in [0.3, 0.4) is 0 Å². The number of amides is 2. The highest BCUT2D eigenvalue weighted by Crippen LogP contribution is 2.18. The molecule has 3 N–H and O–H groups in total. The first-order chi connectivity index (χ1) is 20.1. The first kappa shape index (κ1) is 33.6. The zero-order chi connectivity index (χ0) is 30.6. The molecule has 232 valence electrons. The minimum atomic E-state index is -1.52. The van der Waals surface area contributed by atoms with Crippen molar-refractivity contribution in [3.8, 4) is 0 Å². The Balaban J connectivity index is 1.78. The van der Waals surface area contributed by atoms with Crippen molar-refractivity contribution < 1.29 is 38.1 Å². The van der Waals surface area contributed by atoms with E-state index in [0.717, 1.165) is 50.3 Å². The number of nitrogens with zero attached hydrogens (tertiary/aromatic N) is 1. The van der Waals surface area contributed by atoms with E-state index in [0.29, 0.717) is 30.8 Å². The van der Waals surface area contributed by atoms with Crippen LogP contribution in [0.1, 0.15) is 77.8 Å². The molecule has 2 aromatic rings. The molecule has 10 heteroatoms. The maximum atomic E-state index is 13.9. The van der Waals surface area contributed by atoms with Gasteiger partial charge in [-0.2, -0.15) is 0 Å². The molecule has 1 saturated heterocycles. The summed E-state index contributed by atoms with van der Waals surface area (Å²) in [5.74, 6) is -2.38. The van der Waals surface area contributed by atoms with Crippen molar-refractivity contribution in [2.45, 2.75) is 83.6 Å². The number of carbonyl (C=O) groups excluding carboxylic acids is 2. The summed E-state index contributed by atoms with van der Waals surface area (Å²) < 4.78 is 39.1. The SMILES string of the molecule is CCCN(CCC)C(=O)c1cc(C)cc(C(=O)N[C@@H](Cc2cc(F)cc(F)c2)[C@@H](O)[C@@H](O)COCC2CCCCO2)c1. The molecule has 1 heterocycles. The van der Waals surface area contributed by atoms with Gasteiger partial charge in [-0.25, -0.2) is 8.78 Å². The van der Waals surface area contributed by atoms with Crippen molar-refractivity contribution >= 4 is 11.8 Å². The first-order valence-corrected chi connectivity index (χ1v) is 14.8. The van der Waals surface area contributed by atoms with Gasteiger partial charge in [0.2, 0.25) is 0 Å². The molecule has 0 spiro atoms. The third-order valence-electron chi connectivity index (χ3n) is 7.23. The van der Waals surface area contributed by atoms with Crippen LogP contribution in [-0.2, 0) is 15.9 Å². The highest BCUT2D eigenvalue weighted by molar-refractivity contribution is 6.00. The van der Waals surface area contributed by atoms with E-state index < -0.39 is 35.8 Å². The summed E-state index contributed by atoms with van der Waals surface area (Å²) in [5, 5.41) is 24.5. The molecule has 3 rings (SSSR count). The molecule has 1 fully saturated rings. The minimum Gasteiger partial charge on any atom is -0.388 e. The smallest absolute Gasteiger partial charge is 0.253 e. The fourth-order valence-electron chi connectivity index (χ4n) is 5.19. The molecule has 0 bridgehead atoms. The fourth-order valence-corrected chi connectivity index (χ4v) is 5.19. The number of hydrogen-bond donors (Lipinski definition) is 3. The molecule has 0 aliphatic carbocycles. The number of halogens is 2. The van der Waals surface area contributed by atoms with Gasteiger partial charge in [0, 0.05) is 36.9 Å². The number of rotatable bonds is 15. The molecular formula is C32H44F2N2O6. The zero-order valence-electron chi connectivity index (χ0n) is 24.8. The first-order valence-electron chi connectivity index (χ1n) is 14.8. The normalized spacial score (nSPS) is 17.4. The quantitative estimate of drug-likeness (QED) is 0.287. The van der Waals surface area contributed by atoms with E-state index in [1.807, 2.05) is 13.8 Å². The van der Waals surface area contributed by atoms with E-state index in [1.54, 1.807) is 24.0 Å². The van der Waals surface area contributed by atoms with Crippen LogP contribution in [0.5, 0.6) is 0 Å². The van der Waals surface area contributed by atoms with Crippen molar-refractivity contribution in [1.29, 1.82) is 0 Å². The predicted molar refractivity (Wildman–Crippen MR) is 155 cm³/mol. The number of benzene rings is 2. The van der Waals surface area contributed by atoms with Crippen LogP contribution in [0.25, 0.3) is 0 Å². The van der Waals surface area contributed by atoms with Crippen LogP contribution in [0.15, 0.2) is 36.4 Å². The lowest BCUT2D eigenvalue weighted by molar-refractivity contribution is -0.0837. The maximum absolute atomic E-state index is 13.9. The van der Waals surface area contributed by atoms with Gasteiger partial charge in [0.1, 0.15) is 23.8 Å². The summed E-state index contributed by atoms with van der Waals surface area (Å²) in [6.45, 7) is 7.62. The van der Waals surface area contributed by atoms with E-state index in [2.05, 4.69) is 5.32 Å². The Morgan fingerprint density at radius 2 is 1.69 bits per heavy atom. The molecule has 2 amide bonds. The van der Waals surface area contributed by atoms with E-state index in [4.69, 9.17) is 9.47 Å². The number of aryl methyl sites for hydroxylation is 1. The van der Waals surface area contributed by atoms with Gasteiger partial charge in [0.25, 0.3) is 11.8 Å². The Morgan fingerprint density at radius 1 is 1.02 bits per heavy atom. The lowest BCUT2D eigenvalue weighted by atomic mass is 9.96. The third kappa shape index (κ3) is 10.1. The zero-order valence-corrected chi connectivity index (χ0v) is 24.8. The summed E-state index contributed by atoms with van der Waals surface area (Å²) in [7, 11) is 0. The molecule has 1 aliphatic rings. The lowest BCUT2D eigenvalue weighted by Gasteiger charge is -2.29. The number of ether oxygens (including phenoxy) is 2. The molecule has 1 unspecified atom stereocenters. The molecular weight excluding hydrogens is 546 g/mol. The van der Waals surface area contributed by atoms with Crippen LogP contribution in [0.4, 0.5) is 8.78 Å². The van der Waals surface area contributed by atoms with Crippen molar-refractivity contribution in [2.75, 3.05) is 32.9 Å². The van der Waals surface area contributed by atoms with E-state index in [-0.39, 0.29) is 42.8 Å². The second kappa shape index (κ2) is 16.6. The molecule has 1 aliphatic heterocycles. The van der Waals surface area contributed by atoms with Crippen molar-refractivity contribution in [3.05, 3.63) is 70.3 Å². The number of aliphatic hydroxyl groups excluding tert-OH is 2. The van der Waals surface area contributed by atoms with Crippen LogP contribution < -0.4 is 5.32 Å². The highest BCUT2D eigenvalue weighted by atomic mass is 19.1. The topological polar surface area (TPSA) is 108 Å². The number of carbonyl (C=O) groups is 2. The van der Waals surface area contributed by atoms with Gasteiger partial charge >= 0.3 is 0 Å². The van der Waals surface area contributed by atoms with Crippen LogP contribution in [-0.4, -0.2) is 84.2 Å². The van der Waals surface area contributed by atoms with Gasteiger partial charge in [-0.3, -0.25) is 9.59 Å². The third-order valence-corrected chi connectivity index (χ3v) is 7.23. The summed E-state index contributed by atoms with van der Waals surface area (Å²) in [5.41, 5.74) is 1.44. The van der Waals surface area contributed by atoms with Crippen LogP contribution in [0.2, 0.25) is 0 Å². The van der Waals surface area contributed by atoms with E-state index >= 15 is 0 Å². The van der Waals surface area contributed by atoms with Crippen molar-refractivity contribution in [1.82, 2.24) is 10.2 Å². The van der Waals surface area contributed by atoms with Gasteiger partial charge in [-0.15, -0.1) is 0 Å². The molecule has 4 atom stereocenters. The standard InChI is InChI=1S/C32H44F2N2O6/c1-4-9-36(10-5-2)32(40)24-13-21(3)12-23(17-24)31(39)35-28(16-22-14-25(33)18-26(34)15-22)30(38)29(37)20-41-19-27-8-6-7-11-42-27/h12-15,17-18,27-30,37-38H,4-11,16,19-20H2,1-3H3,(H,35,39)/t27?,28-,29-,30+/m0/s1. The average molecular weight is 591 g/mol. The monoisotopic (exact) mass is 590 g/mol. The minimum absolute atomic E-state index is 0.0855. The van der Waals surface area contributed by atoms with Gasteiger partial charge in [0.05, 0.1) is 25.4 Å².